The maximum atomic E-state index is 12.6. The van der Waals surface area contributed by atoms with Crippen LogP contribution in [0.15, 0.2) is 35.6 Å². The largest absolute Gasteiger partial charge is 0.504 e. The van der Waals surface area contributed by atoms with Crippen LogP contribution in [-0.4, -0.2) is 16.7 Å². The van der Waals surface area contributed by atoms with E-state index in [1.165, 1.54) is 96.3 Å². The predicted molar refractivity (Wildman–Crippen MR) is 138 cm³/mol. The normalized spacial score (nSPS) is 13.6. The van der Waals surface area contributed by atoms with E-state index in [1.54, 1.807) is 24.3 Å². The quantitative estimate of drug-likeness (QED) is 0.212. The van der Waals surface area contributed by atoms with Crippen molar-refractivity contribution in [2.24, 2.45) is 0 Å². The number of allylic oxidation sites excluding steroid dienone is 2. The van der Waals surface area contributed by atoms with Crippen LogP contribution in [-0.2, 0) is 0 Å². The van der Waals surface area contributed by atoms with Crippen molar-refractivity contribution in [2.45, 2.75) is 129 Å². The Balaban J connectivity index is 1.42. The number of hydrogen-bond acceptors (Lipinski definition) is 3. The Morgan fingerprint density at radius 2 is 0.909 bits per heavy atom. The summed E-state index contributed by atoms with van der Waals surface area (Å²) in [5.41, 5.74) is 1.05. The monoisotopic (exact) mass is 454 g/mol. The van der Waals surface area contributed by atoms with Crippen LogP contribution in [0.5, 0.6) is 0 Å². The van der Waals surface area contributed by atoms with Gasteiger partial charge in [0.1, 0.15) is 0 Å². The lowest BCUT2D eigenvalue weighted by molar-refractivity contribution is 0.0926. The number of unbranched alkanes of at least 4 members (excludes halogenated alkanes) is 17. The van der Waals surface area contributed by atoms with Gasteiger partial charge in [0.2, 0.25) is 5.78 Å². The van der Waals surface area contributed by atoms with E-state index in [2.05, 4.69) is 6.92 Å². The number of Topliss-reactive ketones (excluding diaryl/α,β-unsaturated/α-hetero) is 2. The van der Waals surface area contributed by atoms with Crippen LogP contribution < -0.4 is 0 Å². The van der Waals surface area contributed by atoms with Gasteiger partial charge in [0.05, 0.1) is 0 Å². The highest BCUT2D eigenvalue weighted by Gasteiger charge is 2.31. The van der Waals surface area contributed by atoms with Crippen molar-refractivity contribution in [2.75, 3.05) is 0 Å². The molecule has 0 atom stereocenters. The van der Waals surface area contributed by atoms with Gasteiger partial charge in [-0.2, -0.15) is 0 Å². The molecular weight excluding hydrogens is 408 g/mol. The lowest BCUT2D eigenvalue weighted by atomic mass is 9.86. The molecule has 0 fully saturated rings. The van der Waals surface area contributed by atoms with Crippen molar-refractivity contribution >= 4 is 11.6 Å². The van der Waals surface area contributed by atoms with Crippen LogP contribution in [0.25, 0.3) is 0 Å². The summed E-state index contributed by atoms with van der Waals surface area (Å²) in [6.45, 7) is 2.28. The van der Waals surface area contributed by atoms with E-state index < -0.39 is 5.78 Å². The van der Waals surface area contributed by atoms with Gasteiger partial charge in [-0.05, 0) is 12.8 Å². The summed E-state index contributed by atoms with van der Waals surface area (Å²) < 4.78 is 0. The minimum absolute atomic E-state index is 0.185. The second-order valence-electron chi connectivity index (χ2n) is 9.79. The number of aliphatic hydroxyl groups excluding tert-OH is 1. The molecule has 3 nitrogen and oxygen atoms in total. The fourth-order valence-electron chi connectivity index (χ4n) is 4.85. The van der Waals surface area contributed by atoms with Crippen molar-refractivity contribution in [1.82, 2.24) is 0 Å². The minimum atomic E-state index is -0.414. The maximum absolute atomic E-state index is 12.6. The highest BCUT2D eigenvalue weighted by molar-refractivity contribution is 6.25. The van der Waals surface area contributed by atoms with Gasteiger partial charge >= 0.3 is 0 Å². The van der Waals surface area contributed by atoms with E-state index >= 15 is 0 Å². The smallest absolute Gasteiger partial charge is 0.228 e. The van der Waals surface area contributed by atoms with Crippen molar-refractivity contribution in [3.8, 4) is 0 Å². The van der Waals surface area contributed by atoms with E-state index in [9.17, 15) is 14.7 Å². The molecular formula is C30H46O3. The summed E-state index contributed by atoms with van der Waals surface area (Å²) in [4.78, 5) is 24.9. The zero-order valence-corrected chi connectivity index (χ0v) is 21.0. The number of hydrogen-bond donors (Lipinski definition) is 1. The van der Waals surface area contributed by atoms with E-state index in [0.29, 0.717) is 23.1 Å². The van der Waals surface area contributed by atoms with E-state index in [1.807, 2.05) is 0 Å². The van der Waals surface area contributed by atoms with Crippen LogP contribution in [0, 0.1) is 0 Å². The summed E-state index contributed by atoms with van der Waals surface area (Å²) >= 11 is 0. The van der Waals surface area contributed by atoms with Crippen LogP contribution in [0.3, 0.4) is 0 Å². The molecule has 1 aromatic rings. The number of fused-ring (bicyclic) bond motifs is 1. The summed E-state index contributed by atoms with van der Waals surface area (Å²) in [5, 5.41) is 10.2. The minimum Gasteiger partial charge on any atom is -0.504 e. The topological polar surface area (TPSA) is 54.4 Å². The third kappa shape index (κ3) is 9.86. The molecule has 0 amide bonds. The third-order valence-electron chi connectivity index (χ3n) is 6.97. The Morgan fingerprint density at radius 1 is 0.545 bits per heavy atom. The first-order valence-electron chi connectivity index (χ1n) is 13.8. The zero-order chi connectivity index (χ0) is 23.7. The van der Waals surface area contributed by atoms with Crippen LogP contribution in [0.4, 0.5) is 0 Å². The van der Waals surface area contributed by atoms with Crippen LogP contribution in [0.1, 0.15) is 150 Å². The molecule has 0 aliphatic heterocycles. The number of ketones is 2. The molecule has 1 aliphatic carbocycles. The van der Waals surface area contributed by atoms with Gasteiger partial charge in [-0.1, -0.05) is 140 Å². The predicted octanol–water partition coefficient (Wildman–Crippen LogP) is 9.31. The first-order chi connectivity index (χ1) is 16.2. The summed E-state index contributed by atoms with van der Waals surface area (Å²) in [6.07, 6.45) is 24.2. The van der Waals surface area contributed by atoms with E-state index in [-0.39, 0.29) is 11.5 Å². The summed E-state index contributed by atoms with van der Waals surface area (Å²) in [5.74, 6) is -0.942. The molecule has 0 heterocycles. The second-order valence-corrected chi connectivity index (χ2v) is 9.79. The number of benzene rings is 1. The van der Waals surface area contributed by atoms with Gasteiger partial charge < -0.3 is 5.11 Å². The highest BCUT2D eigenvalue weighted by atomic mass is 16.3. The standard InChI is InChI=1S/C30H46O3/c1-2-3-4-5-6-7-8-9-10-11-12-13-14-15-16-17-18-19-24-27-28(31)25-22-20-21-23-26(25)29(32)30(27)33/h20-23,33H,2-19,24H2,1H3. The lowest BCUT2D eigenvalue weighted by Crippen LogP contribution is -2.22. The zero-order valence-electron chi connectivity index (χ0n) is 21.0. The number of aliphatic hydroxyl groups is 1. The molecule has 0 radical (unpaired) electrons. The molecule has 3 heteroatoms. The molecule has 33 heavy (non-hydrogen) atoms. The Labute approximate surface area is 202 Å². The SMILES string of the molecule is CCCCCCCCCCCCCCCCCCCCC1=C(O)C(=O)c2ccccc2C1=O. The molecule has 0 spiro atoms. The average molecular weight is 455 g/mol. The van der Waals surface area contributed by atoms with Gasteiger partial charge in [-0.15, -0.1) is 0 Å². The molecule has 0 saturated heterocycles. The number of carbonyl (C=O) groups excluding carboxylic acids is 2. The van der Waals surface area contributed by atoms with Gasteiger partial charge in [0, 0.05) is 16.7 Å². The number of rotatable bonds is 19. The summed E-state index contributed by atoms with van der Waals surface area (Å²) in [7, 11) is 0. The fourth-order valence-corrected chi connectivity index (χ4v) is 4.85. The first-order valence-corrected chi connectivity index (χ1v) is 13.8. The molecule has 1 aromatic carbocycles. The van der Waals surface area contributed by atoms with Crippen molar-refractivity contribution in [1.29, 1.82) is 0 Å². The molecule has 1 N–H and O–H groups in total. The number of carbonyl (C=O) groups is 2. The van der Waals surface area contributed by atoms with Crippen LogP contribution >= 0.6 is 0 Å². The highest BCUT2D eigenvalue weighted by Crippen LogP contribution is 2.28. The van der Waals surface area contributed by atoms with E-state index in [0.717, 1.165) is 19.3 Å². The molecule has 0 aromatic heterocycles. The Morgan fingerprint density at radius 3 is 1.33 bits per heavy atom. The second kappa shape index (κ2) is 16.7. The molecule has 184 valence electrons. The molecule has 2 rings (SSSR count). The molecule has 0 saturated carbocycles. The Hall–Kier alpha value is -1.90. The van der Waals surface area contributed by atoms with Crippen LogP contribution in [0.2, 0.25) is 0 Å². The average Bonchev–Trinajstić information content (AvgIpc) is 2.83. The van der Waals surface area contributed by atoms with Crippen molar-refractivity contribution in [3.05, 3.63) is 46.7 Å². The van der Waals surface area contributed by atoms with Gasteiger partial charge in [0.25, 0.3) is 0 Å². The third-order valence-corrected chi connectivity index (χ3v) is 6.97. The van der Waals surface area contributed by atoms with Gasteiger partial charge in [0.15, 0.2) is 11.5 Å². The molecule has 0 bridgehead atoms. The Kier molecular flexibility index (Phi) is 13.8. The van der Waals surface area contributed by atoms with Gasteiger partial charge in [-0.25, -0.2) is 0 Å². The fraction of sp³-hybridized carbons (Fsp3) is 0.667. The Bertz CT molecular complexity index is 747. The van der Waals surface area contributed by atoms with Crippen molar-refractivity contribution < 1.29 is 14.7 Å². The van der Waals surface area contributed by atoms with Gasteiger partial charge in [-0.3, -0.25) is 9.59 Å². The van der Waals surface area contributed by atoms with Crippen molar-refractivity contribution in [3.63, 3.8) is 0 Å². The summed E-state index contributed by atoms with van der Waals surface area (Å²) in [6, 6.07) is 6.77. The molecule has 0 unspecified atom stereocenters. The van der Waals surface area contributed by atoms with E-state index in [4.69, 9.17) is 0 Å². The lowest BCUT2D eigenvalue weighted by Gasteiger charge is -2.17. The first kappa shape index (κ1) is 27.3. The maximum Gasteiger partial charge on any atom is 0.228 e. The molecule has 1 aliphatic rings.